The first-order valence-corrected chi connectivity index (χ1v) is 2.88. The van der Waals surface area contributed by atoms with Crippen LogP contribution in [0.3, 0.4) is 0 Å². The zero-order chi connectivity index (χ0) is 7.72. The van der Waals surface area contributed by atoms with Crippen LogP contribution in [0.1, 0.15) is 0 Å². The second kappa shape index (κ2) is 2.09. The van der Waals surface area contributed by atoms with Crippen molar-refractivity contribution in [3.8, 4) is 0 Å². The van der Waals surface area contributed by atoms with Gasteiger partial charge in [0.15, 0.2) is 0 Å². The number of aryl methyl sites for hydroxylation is 1. The predicted molar refractivity (Wildman–Crippen MR) is 38.5 cm³/mol. The van der Waals surface area contributed by atoms with Crippen LogP contribution in [0.5, 0.6) is 0 Å². The molecule has 0 saturated carbocycles. The van der Waals surface area contributed by atoms with E-state index in [1.807, 2.05) is 7.05 Å². The number of nitrogen functional groups attached to an aromatic ring is 1. The van der Waals surface area contributed by atoms with Crippen molar-refractivity contribution in [2.75, 3.05) is 5.73 Å². The Balaban J connectivity index is 3.50. The Bertz CT molecular complexity index is 291. The van der Waals surface area contributed by atoms with Crippen molar-refractivity contribution in [3.05, 3.63) is 11.8 Å². The van der Waals surface area contributed by atoms with E-state index in [4.69, 9.17) is 11.6 Å². The van der Waals surface area contributed by atoms with Crippen LogP contribution >= 0.6 is 0 Å². The van der Waals surface area contributed by atoms with Gasteiger partial charge in [0.05, 0.1) is 0 Å². The van der Waals surface area contributed by atoms with Crippen LogP contribution in [0.25, 0.3) is 0 Å². The van der Waals surface area contributed by atoms with Gasteiger partial charge in [-0.1, -0.05) is 0 Å². The molecule has 0 fully saturated rings. The maximum atomic E-state index is 5.54. The molecule has 5 heteroatoms. The van der Waals surface area contributed by atoms with Gasteiger partial charge in [-0.25, -0.2) is 0 Å². The molecule has 0 aliphatic rings. The molecule has 0 aliphatic heterocycles. The highest BCUT2D eigenvalue weighted by molar-refractivity contribution is 5.24. The van der Waals surface area contributed by atoms with Crippen molar-refractivity contribution in [2.45, 2.75) is 0 Å². The van der Waals surface area contributed by atoms with E-state index in [1.54, 1.807) is 22.4 Å². The average molecular weight is 141 g/mol. The molecule has 1 rings (SSSR count). The zero-order valence-corrected chi connectivity index (χ0v) is 6.07. The van der Waals surface area contributed by atoms with Gasteiger partial charge in [0.25, 0.3) is 0 Å². The summed E-state index contributed by atoms with van der Waals surface area (Å²) in [4.78, 5) is 0. The quantitative estimate of drug-likeness (QED) is 0.349. The second-order valence-corrected chi connectivity index (χ2v) is 2.15. The Kier molecular flexibility index (Phi) is 1.41. The van der Waals surface area contributed by atoms with Crippen molar-refractivity contribution in [1.82, 2.24) is 9.13 Å². The van der Waals surface area contributed by atoms with E-state index in [0.29, 0.717) is 11.4 Å². The van der Waals surface area contributed by atoms with Gasteiger partial charge in [-0.15, -0.1) is 5.10 Å². The maximum Gasteiger partial charge on any atom is 0.227 e. The van der Waals surface area contributed by atoms with Gasteiger partial charge in [0.1, 0.15) is 5.82 Å². The fourth-order valence-electron chi connectivity index (χ4n) is 0.872. The molecule has 5 nitrogen and oxygen atoms in total. The molecule has 56 valence electrons. The van der Waals surface area contributed by atoms with Gasteiger partial charge in [0, 0.05) is 20.3 Å². The molecule has 1 aromatic rings. The minimum absolute atomic E-state index is 0.645. The van der Waals surface area contributed by atoms with Gasteiger partial charge in [-0.05, 0) is 0 Å². The van der Waals surface area contributed by atoms with Gasteiger partial charge < -0.3 is 16.1 Å². The summed E-state index contributed by atoms with van der Waals surface area (Å²) in [5.41, 5.74) is 6.19. The third-order valence-corrected chi connectivity index (χ3v) is 1.44. The van der Waals surface area contributed by atoms with E-state index in [1.165, 1.54) is 0 Å². The van der Waals surface area contributed by atoms with Crippen LogP contribution in [-0.2, 0) is 14.1 Å². The molecule has 0 amide bonds. The lowest BCUT2D eigenvalue weighted by atomic mass is 10.8. The van der Waals surface area contributed by atoms with Crippen LogP contribution in [0.15, 0.2) is 11.3 Å². The van der Waals surface area contributed by atoms with Crippen LogP contribution in [-0.4, -0.2) is 9.13 Å². The second-order valence-electron chi connectivity index (χ2n) is 2.15. The first kappa shape index (κ1) is 6.73. The third-order valence-electron chi connectivity index (χ3n) is 1.44. The number of nitrogens with two attached hydrogens (primary N) is 2. The van der Waals surface area contributed by atoms with Gasteiger partial charge in [-0.2, -0.15) is 0 Å². The summed E-state index contributed by atoms with van der Waals surface area (Å²) in [5.74, 6) is 5.74. The fraction of sp³-hybridized carbons (Fsp3) is 0.400. The molecular formula is C5H11N5. The van der Waals surface area contributed by atoms with Crippen LogP contribution in [0.2, 0.25) is 0 Å². The molecule has 0 bridgehead atoms. The van der Waals surface area contributed by atoms with Crippen molar-refractivity contribution in [3.63, 3.8) is 0 Å². The molecule has 0 aliphatic carbocycles. The van der Waals surface area contributed by atoms with E-state index in [9.17, 15) is 0 Å². The van der Waals surface area contributed by atoms with E-state index in [-0.39, 0.29) is 0 Å². The Morgan fingerprint density at radius 2 is 2.10 bits per heavy atom. The van der Waals surface area contributed by atoms with Crippen LogP contribution in [0.4, 0.5) is 5.82 Å². The first-order valence-electron chi connectivity index (χ1n) is 2.88. The topological polar surface area (TPSA) is 74.3 Å². The summed E-state index contributed by atoms with van der Waals surface area (Å²) < 4.78 is 3.47. The lowest BCUT2D eigenvalue weighted by molar-refractivity contribution is 0.730. The fourth-order valence-corrected chi connectivity index (χ4v) is 0.872. The Labute approximate surface area is 58.6 Å². The first-order chi connectivity index (χ1) is 4.66. The summed E-state index contributed by atoms with van der Waals surface area (Å²) in [7, 11) is 3.64. The molecule has 0 aromatic carbocycles. The molecule has 1 heterocycles. The molecule has 1 aromatic heterocycles. The van der Waals surface area contributed by atoms with Crippen molar-refractivity contribution in [2.24, 2.45) is 25.0 Å². The number of hydrogen-bond donors (Lipinski definition) is 2. The summed E-state index contributed by atoms with van der Waals surface area (Å²) in [6.07, 6.45) is 1.76. The number of imidazole rings is 1. The van der Waals surface area contributed by atoms with E-state index >= 15 is 0 Å². The molecule has 0 saturated heterocycles. The van der Waals surface area contributed by atoms with Gasteiger partial charge in [0.2, 0.25) is 5.62 Å². The summed E-state index contributed by atoms with van der Waals surface area (Å²) in [6.45, 7) is 0. The lowest BCUT2D eigenvalue weighted by Gasteiger charge is -1.91. The largest absolute Gasteiger partial charge is 0.384 e. The molecule has 0 radical (unpaired) electrons. The van der Waals surface area contributed by atoms with E-state index < -0.39 is 0 Å². The average Bonchev–Trinajstić information content (AvgIpc) is 2.09. The standard InChI is InChI=1S/C5H11N5/c1-9-3-4(6)10(2)5(9)8-7/h3H,6-7H2,1-2H3. The Morgan fingerprint density at radius 3 is 2.30 bits per heavy atom. The smallest absolute Gasteiger partial charge is 0.227 e. The third kappa shape index (κ3) is 0.754. The molecule has 4 N–H and O–H groups in total. The SMILES string of the molecule is Cn1cc(N)n(C)c1=NN. The Hall–Kier alpha value is -1.39. The monoisotopic (exact) mass is 141 g/mol. The van der Waals surface area contributed by atoms with Gasteiger partial charge in [-0.3, -0.25) is 4.57 Å². The highest BCUT2D eigenvalue weighted by Gasteiger charge is 1.96. The van der Waals surface area contributed by atoms with Crippen molar-refractivity contribution in [1.29, 1.82) is 0 Å². The molecule has 10 heavy (non-hydrogen) atoms. The van der Waals surface area contributed by atoms with E-state index in [0.717, 1.165) is 0 Å². The summed E-state index contributed by atoms with van der Waals surface area (Å²) in [6, 6.07) is 0. The number of hydrogen-bond acceptors (Lipinski definition) is 3. The predicted octanol–water partition coefficient (Wildman–Crippen LogP) is -1.28. The van der Waals surface area contributed by atoms with Crippen LogP contribution in [0, 0.1) is 0 Å². The van der Waals surface area contributed by atoms with Crippen molar-refractivity contribution < 1.29 is 0 Å². The van der Waals surface area contributed by atoms with Crippen LogP contribution < -0.4 is 17.2 Å². The van der Waals surface area contributed by atoms with Crippen molar-refractivity contribution >= 4 is 5.82 Å². The highest BCUT2D eigenvalue weighted by atomic mass is 15.3. The number of rotatable bonds is 0. The van der Waals surface area contributed by atoms with E-state index in [2.05, 4.69) is 5.10 Å². The van der Waals surface area contributed by atoms with Gasteiger partial charge >= 0.3 is 0 Å². The number of nitrogens with zero attached hydrogens (tertiary/aromatic N) is 3. The normalized spacial score (nSPS) is 12.4. The molecule has 0 unspecified atom stereocenters. The Morgan fingerprint density at radius 1 is 1.50 bits per heavy atom. The molecular weight excluding hydrogens is 130 g/mol. The number of anilines is 1. The summed E-state index contributed by atoms with van der Waals surface area (Å²) >= 11 is 0. The molecule has 0 atom stereocenters. The minimum atomic E-state index is 0.645. The summed E-state index contributed by atoms with van der Waals surface area (Å²) in [5, 5.41) is 3.54. The number of aromatic nitrogens is 2. The molecule has 0 spiro atoms. The highest BCUT2D eigenvalue weighted by Crippen LogP contribution is 1.92. The lowest BCUT2D eigenvalue weighted by Crippen LogP contribution is -2.24. The maximum absolute atomic E-state index is 5.54. The zero-order valence-electron chi connectivity index (χ0n) is 6.07. The minimum Gasteiger partial charge on any atom is -0.384 e.